The average molecular weight is 648 g/mol. The number of halogens is 6. The highest BCUT2D eigenvalue weighted by atomic mass is 19.4. The molecule has 18 heteroatoms. The zero-order chi connectivity index (χ0) is 33.7. The molecule has 1 saturated heterocycles. The molecule has 12 nitrogen and oxygen atoms in total. The molecule has 244 valence electrons. The van der Waals surface area contributed by atoms with Crippen molar-refractivity contribution >= 4 is 11.9 Å². The second-order valence-electron chi connectivity index (χ2n) is 10.1. The highest BCUT2D eigenvalue weighted by Crippen LogP contribution is 2.38. The molecule has 2 aliphatic heterocycles. The Labute approximate surface area is 250 Å². The average Bonchev–Trinajstić information content (AvgIpc) is 3.50. The van der Waals surface area contributed by atoms with Crippen molar-refractivity contribution in [3.63, 3.8) is 0 Å². The van der Waals surface area contributed by atoms with Crippen molar-refractivity contribution < 1.29 is 50.9 Å². The van der Waals surface area contributed by atoms with Crippen LogP contribution in [0, 0.1) is 12.8 Å². The molecule has 5 rings (SSSR count). The number of alkyl halides is 6. The van der Waals surface area contributed by atoms with E-state index in [0.29, 0.717) is 19.0 Å². The molecular formula is C27H27F6N5O7. The molecule has 0 amide bonds. The number of hydrogen-bond acceptors (Lipinski definition) is 8. The van der Waals surface area contributed by atoms with Gasteiger partial charge in [0.25, 0.3) is 0 Å². The molecule has 2 atom stereocenters. The molecule has 0 radical (unpaired) electrons. The van der Waals surface area contributed by atoms with Crippen LogP contribution < -0.4 is 15.9 Å². The lowest BCUT2D eigenvalue weighted by Crippen LogP contribution is -2.44. The maximum Gasteiger partial charge on any atom is 0.490 e. The SMILES string of the molecule is COc1ncccc1CN1CC2Cn3c(nn(Cc4ccc(C)cc4)c(=O)c3=O)C2C1.O=C(O)C(F)(F)F.O=C(O)C(F)(F)F. The number of aromatic nitrogens is 4. The molecule has 4 heterocycles. The minimum atomic E-state index is -5.08. The van der Waals surface area contributed by atoms with Gasteiger partial charge in [-0.2, -0.15) is 31.4 Å². The van der Waals surface area contributed by atoms with Crippen LogP contribution in [0.2, 0.25) is 0 Å². The maximum atomic E-state index is 12.8. The first kappa shape index (κ1) is 34.7. The summed E-state index contributed by atoms with van der Waals surface area (Å²) < 4.78 is 71.8. The quantitative estimate of drug-likeness (QED) is 0.312. The second-order valence-corrected chi connectivity index (χ2v) is 10.1. The minimum absolute atomic E-state index is 0.139. The molecule has 2 aromatic heterocycles. The fourth-order valence-electron chi connectivity index (χ4n) is 4.75. The van der Waals surface area contributed by atoms with E-state index in [4.69, 9.17) is 24.5 Å². The van der Waals surface area contributed by atoms with Gasteiger partial charge in [0.15, 0.2) is 0 Å². The molecule has 0 spiro atoms. The number of likely N-dealkylation sites (tertiary alicyclic amines) is 1. The predicted molar refractivity (Wildman–Crippen MR) is 143 cm³/mol. The van der Waals surface area contributed by atoms with E-state index in [9.17, 15) is 35.9 Å². The van der Waals surface area contributed by atoms with Gasteiger partial charge in [0, 0.05) is 49.8 Å². The fourth-order valence-corrected chi connectivity index (χ4v) is 4.75. The minimum Gasteiger partial charge on any atom is -0.481 e. The molecule has 1 fully saturated rings. The summed E-state index contributed by atoms with van der Waals surface area (Å²) in [6.07, 6.45) is -8.44. The standard InChI is InChI=1S/C23H25N5O3.2C2HF3O2/c1-15-5-7-16(8-6-15)10-28-23(30)22(29)27-13-18-12-26(14-19(18)20(27)25-28)11-17-4-3-9-24-21(17)31-2;2*3-2(4,5)1(6)7/h3-9,18-19H,10-14H2,1-2H3;2*(H,6,7). The summed E-state index contributed by atoms with van der Waals surface area (Å²) in [5.41, 5.74) is 2.13. The van der Waals surface area contributed by atoms with Crippen molar-refractivity contribution in [2.45, 2.75) is 44.8 Å². The van der Waals surface area contributed by atoms with E-state index in [1.807, 2.05) is 43.3 Å². The van der Waals surface area contributed by atoms with Crippen molar-refractivity contribution in [2.75, 3.05) is 20.2 Å². The van der Waals surface area contributed by atoms with Crippen molar-refractivity contribution in [1.29, 1.82) is 0 Å². The zero-order valence-corrected chi connectivity index (χ0v) is 23.7. The monoisotopic (exact) mass is 647 g/mol. The number of carbonyl (C=O) groups is 2. The number of carboxylic acid groups (broad SMARTS) is 2. The van der Waals surface area contributed by atoms with Crippen molar-refractivity contribution in [2.24, 2.45) is 5.92 Å². The summed E-state index contributed by atoms with van der Waals surface area (Å²) in [6, 6.07) is 11.9. The molecule has 0 saturated carbocycles. The topological polar surface area (TPSA) is 157 Å². The molecule has 2 unspecified atom stereocenters. The third-order valence-corrected chi connectivity index (χ3v) is 6.80. The Kier molecular flexibility index (Phi) is 10.7. The lowest BCUT2D eigenvalue weighted by atomic mass is 10.00. The van der Waals surface area contributed by atoms with Gasteiger partial charge in [-0.15, -0.1) is 0 Å². The Balaban J connectivity index is 0.000000331. The Bertz CT molecular complexity index is 1610. The highest BCUT2D eigenvalue weighted by Gasteiger charge is 2.43. The lowest BCUT2D eigenvalue weighted by molar-refractivity contribution is -0.193. The summed E-state index contributed by atoms with van der Waals surface area (Å²) in [5, 5.41) is 18.9. The summed E-state index contributed by atoms with van der Waals surface area (Å²) >= 11 is 0. The van der Waals surface area contributed by atoms with E-state index in [2.05, 4.69) is 15.0 Å². The number of aliphatic carboxylic acids is 2. The molecule has 1 aromatic carbocycles. The van der Waals surface area contributed by atoms with E-state index in [1.165, 1.54) is 4.68 Å². The summed E-state index contributed by atoms with van der Waals surface area (Å²) in [6.45, 7) is 5.24. The van der Waals surface area contributed by atoms with E-state index < -0.39 is 35.4 Å². The third-order valence-electron chi connectivity index (χ3n) is 6.80. The summed E-state index contributed by atoms with van der Waals surface area (Å²) in [5.74, 6) is -3.73. The van der Waals surface area contributed by atoms with Gasteiger partial charge in [-0.05, 0) is 18.6 Å². The van der Waals surface area contributed by atoms with Crippen LogP contribution in [-0.4, -0.2) is 78.9 Å². The number of carboxylic acids is 2. The van der Waals surface area contributed by atoms with Gasteiger partial charge in [-0.1, -0.05) is 35.9 Å². The number of ether oxygens (including phenoxy) is 1. The first-order valence-corrected chi connectivity index (χ1v) is 13.0. The Morgan fingerprint density at radius 2 is 1.49 bits per heavy atom. The van der Waals surface area contributed by atoms with Crippen molar-refractivity contribution in [3.8, 4) is 5.88 Å². The fraction of sp³-hybridized carbons (Fsp3) is 0.407. The van der Waals surface area contributed by atoms with Crippen LogP contribution in [0.1, 0.15) is 28.4 Å². The van der Waals surface area contributed by atoms with Gasteiger partial charge in [0.1, 0.15) is 5.82 Å². The second kappa shape index (κ2) is 13.9. The summed E-state index contributed by atoms with van der Waals surface area (Å²) in [7, 11) is 1.63. The van der Waals surface area contributed by atoms with Crippen LogP contribution in [0.15, 0.2) is 52.2 Å². The third kappa shape index (κ3) is 8.90. The van der Waals surface area contributed by atoms with Crippen molar-refractivity contribution in [3.05, 3.63) is 85.8 Å². The Hall–Kier alpha value is -4.74. The number of pyridine rings is 1. The largest absolute Gasteiger partial charge is 0.490 e. The number of hydrogen-bond donors (Lipinski definition) is 2. The number of rotatable bonds is 5. The van der Waals surface area contributed by atoms with Gasteiger partial charge in [-0.3, -0.25) is 19.1 Å². The number of fused-ring (bicyclic) bond motifs is 3. The predicted octanol–water partition coefficient (Wildman–Crippen LogP) is 2.66. The lowest BCUT2D eigenvalue weighted by Gasteiger charge is -2.18. The van der Waals surface area contributed by atoms with Crippen LogP contribution in [0.5, 0.6) is 5.88 Å². The smallest absolute Gasteiger partial charge is 0.481 e. The molecule has 2 N–H and O–H groups in total. The zero-order valence-electron chi connectivity index (χ0n) is 23.7. The Morgan fingerprint density at radius 3 is 2.02 bits per heavy atom. The first-order valence-electron chi connectivity index (χ1n) is 13.0. The number of methoxy groups -OCH3 is 1. The Morgan fingerprint density at radius 1 is 0.911 bits per heavy atom. The van der Waals surface area contributed by atoms with Crippen LogP contribution in [0.3, 0.4) is 0 Å². The summed E-state index contributed by atoms with van der Waals surface area (Å²) in [4.78, 5) is 49.8. The van der Waals surface area contributed by atoms with Crippen LogP contribution in [0.25, 0.3) is 0 Å². The molecule has 2 aliphatic rings. The van der Waals surface area contributed by atoms with Gasteiger partial charge >= 0.3 is 35.4 Å². The van der Waals surface area contributed by atoms with Gasteiger partial charge in [0.05, 0.1) is 13.7 Å². The first-order chi connectivity index (χ1) is 20.9. The molecular weight excluding hydrogens is 620 g/mol. The molecule has 0 bridgehead atoms. The maximum absolute atomic E-state index is 12.8. The van der Waals surface area contributed by atoms with Crippen LogP contribution in [-0.2, 0) is 29.2 Å². The molecule has 3 aromatic rings. The molecule has 0 aliphatic carbocycles. The molecule has 45 heavy (non-hydrogen) atoms. The van der Waals surface area contributed by atoms with E-state index in [1.54, 1.807) is 17.9 Å². The van der Waals surface area contributed by atoms with Gasteiger partial charge < -0.3 is 14.9 Å². The van der Waals surface area contributed by atoms with E-state index in [-0.39, 0.29) is 11.8 Å². The number of benzene rings is 1. The van der Waals surface area contributed by atoms with Crippen molar-refractivity contribution in [1.82, 2.24) is 24.2 Å². The van der Waals surface area contributed by atoms with E-state index in [0.717, 1.165) is 42.1 Å². The van der Waals surface area contributed by atoms with Gasteiger partial charge in [-0.25, -0.2) is 19.3 Å². The van der Waals surface area contributed by atoms with Crippen LogP contribution in [0.4, 0.5) is 26.3 Å². The van der Waals surface area contributed by atoms with Gasteiger partial charge in [0.2, 0.25) is 5.88 Å². The van der Waals surface area contributed by atoms with E-state index >= 15 is 0 Å². The number of nitrogens with zero attached hydrogens (tertiary/aromatic N) is 5. The number of aryl methyl sites for hydroxylation is 1. The normalized spacial score (nSPS) is 17.2. The van der Waals surface area contributed by atoms with Crippen LogP contribution >= 0.6 is 0 Å². The highest BCUT2D eigenvalue weighted by molar-refractivity contribution is 5.73.